The molecule has 0 fully saturated rings. The van der Waals surface area contributed by atoms with E-state index in [4.69, 9.17) is 0 Å². The van der Waals surface area contributed by atoms with Crippen molar-refractivity contribution in [3.8, 4) is 0 Å². The molecule has 0 heterocycles. The van der Waals surface area contributed by atoms with Crippen LogP contribution in [0.5, 0.6) is 0 Å². The topological polar surface area (TPSA) is 60.7 Å². The van der Waals surface area contributed by atoms with Crippen molar-refractivity contribution in [1.29, 1.82) is 0 Å². The lowest BCUT2D eigenvalue weighted by molar-refractivity contribution is 0.286. The predicted octanol–water partition coefficient (Wildman–Crippen LogP) is 2.95. The van der Waals surface area contributed by atoms with Gasteiger partial charge in [-0.2, -0.15) is 0 Å². The molecule has 3 nitrogen and oxygen atoms in total. The van der Waals surface area contributed by atoms with E-state index >= 15 is 0 Å². The molecule has 0 aliphatic heterocycles. The highest BCUT2D eigenvalue weighted by atomic mass is 28.3. The van der Waals surface area contributed by atoms with E-state index in [2.05, 4.69) is 6.92 Å². The highest BCUT2D eigenvalue weighted by molar-refractivity contribution is 6.79. The molecule has 0 atom stereocenters. The third-order valence-corrected chi connectivity index (χ3v) is 7.49. The predicted molar refractivity (Wildman–Crippen MR) is 83.7 cm³/mol. The molecule has 3 N–H and O–H groups in total. The highest BCUT2D eigenvalue weighted by Crippen LogP contribution is 2.16. The summed E-state index contributed by atoms with van der Waals surface area (Å²) in [5.74, 6) is 0. The van der Waals surface area contributed by atoms with Gasteiger partial charge in [0.05, 0.1) is 0 Å². The van der Waals surface area contributed by atoms with E-state index in [0.717, 1.165) is 12.5 Å². The van der Waals surface area contributed by atoms with Crippen LogP contribution in [0.1, 0.15) is 71.1 Å². The molecule has 0 bridgehead atoms. The standard InChI is InChI=1S/C15H34O3Si/c1-2-3-4-5-6-7-8-9-10-11-12-19(13-16,14-17)15-18/h16-18H,2-15H2,1H3. The van der Waals surface area contributed by atoms with Gasteiger partial charge in [-0.25, -0.2) is 0 Å². The van der Waals surface area contributed by atoms with Gasteiger partial charge in [0.1, 0.15) is 8.07 Å². The van der Waals surface area contributed by atoms with E-state index in [9.17, 15) is 15.3 Å². The molecule has 19 heavy (non-hydrogen) atoms. The molecule has 0 unspecified atom stereocenters. The van der Waals surface area contributed by atoms with Gasteiger partial charge in [0.15, 0.2) is 0 Å². The number of unbranched alkanes of at least 4 members (excludes halogenated alkanes) is 9. The first-order valence-electron chi connectivity index (χ1n) is 8.07. The second kappa shape index (κ2) is 13.1. The Labute approximate surface area is 120 Å². The Balaban J connectivity index is 3.35. The smallest absolute Gasteiger partial charge is 0.139 e. The van der Waals surface area contributed by atoms with Crippen molar-refractivity contribution in [1.82, 2.24) is 0 Å². The Kier molecular flexibility index (Phi) is 13.2. The van der Waals surface area contributed by atoms with E-state index in [1.807, 2.05) is 0 Å². The first-order valence-corrected chi connectivity index (χ1v) is 10.9. The van der Waals surface area contributed by atoms with Crippen molar-refractivity contribution in [3.63, 3.8) is 0 Å². The Hall–Kier alpha value is 0.0969. The zero-order valence-electron chi connectivity index (χ0n) is 12.7. The Bertz CT molecular complexity index is 176. The lowest BCUT2D eigenvalue weighted by Crippen LogP contribution is -2.48. The molecule has 0 aromatic carbocycles. The summed E-state index contributed by atoms with van der Waals surface area (Å²) in [5, 5.41) is 27.8. The molecule has 0 rings (SSSR count). The first-order chi connectivity index (χ1) is 9.24. The average molecular weight is 291 g/mol. The van der Waals surface area contributed by atoms with E-state index in [1.165, 1.54) is 57.8 Å². The summed E-state index contributed by atoms with van der Waals surface area (Å²) in [4.78, 5) is 0. The number of aliphatic hydroxyl groups is 3. The van der Waals surface area contributed by atoms with Gasteiger partial charge in [-0.3, -0.25) is 0 Å². The van der Waals surface area contributed by atoms with Crippen LogP contribution >= 0.6 is 0 Å². The minimum Gasteiger partial charge on any atom is -0.399 e. The van der Waals surface area contributed by atoms with Crippen LogP contribution in [-0.2, 0) is 0 Å². The number of hydrogen-bond donors (Lipinski definition) is 3. The maximum Gasteiger partial charge on any atom is 0.139 e. The van der Waals surface area contributed by atoms with E-state index in [0.29, 0.717) is 0 Å². The monoisotopic (exact) mass is 290 g/mol. The molecule has 0 saturated carbocycles. The van der Waals surface area contributed by atoms with Crippen LogP contribution in [0, 0.1) is 0 Å². The Morgan fingerprint density at radius 1 is 0.579 bits per heavy atom. The van der Waals surface area contributed by atoms with Crippen molar-refractivity contribution in [2.45, 2.75) is 77.2 Å². The van der Waals surface area contributed by atoms with Gasteiger partial charge in [0.2, 0.25) is 0 Å². The van der Waals surface area contributed by atoms with Gasteiger partial charge >= 0.3 is 0 Å². The fourth-order valence-electron chi connectivity index (χ4n) is 2.37. The van der Waals surface area contributed by atoms with Gasteiger partial charge in [0, 0.05) is 18.7 Å². The molecule has 0 radical (unpaired) electrons. The molecule has 0 aromatic heterocycles. The maximum atomic E-state index is 9.26. The van der Waals surface area contributed by atoms with Gasteiger partial charge in [0.25, 0.3) is 0 Å². The summed E-state index contributed by atoms with van der Waals surface area (Å²) in [7, 11) is -2.14. The molecule has 0 saturated heterocycles. The second-order valence-electron chi connectivity index (χ2n) is 5.91. The molecule has 0 spiro atoms. The van der Waals surface area contributed by atoms with Crippen molar-refractivity contribution in [2.75, 3.05) is 18.7 Å². The SMILES string of the molecule is CCCCCCCCCCCC[Si](CO)(CO)CO. The Morgan fingerprint density at radius 3 is 1.32 bits per heavy atom. The third kappa shape index (κ3) is 9.60. The second-order valence-corrected chi connectivity index (χ2v) is 10.4. The molecule has 0 aromatic rings. The molecule has 4 heteroatoms. The van der Waals surface area contributed by atoms with Crippen LogP contribution < -0.4 is 0 Å². The zero-order chi connectivity index (χ0) is 14.4. The van der Waals surface area contributed by atoms with Crippen LogP contribution in [0.2, 0.25) is 6.04 Å². The van der Waals surface area contributed by atoms with Crippen molar-refractivity contribution in [3.05, 3.63) is 0 Å². The molecule has 0 aliphatic rings. The lowest BCUT2D eigenvalue weighted by atomic mass is 10.1. The average Bonchev–Trinajstić information content (AvgIpc) is 2.46. The van der Waals surface area contributed by atoms with Crippen molar-refractivity contribution >= 4 is 8.07 Å². The molecular formula is C15H34O3Si. The molecule has 0 aliphatic carbocycles. The van der Waals surface area contributed by atoms with Crippen LogP contribution in [0.15, 0.2) is 0 Å². The number of hydrogen-bond acceptors (Lipinski definition) is 3. The van der Waals surface area contributed by atoms with Crippen LogP contribution in [0.3, 0.4) is 0 Å². The van der Waals surface area contributed by atoms with E-state index in [1.54, 1.807) is 0 Å². The summed E-state index contributed by atoms with van der Waals surface area (Å²) in [5.41, 5.74) is 0. The number of rotatable bonds is 14. The van der Waals surface area contributed by atoms with Gasteiger partial charge in [-0.1, -0.05) is 77.2 Å². The zero-order valence-corrected chi connectivity index (χ0v) is 13.7. The first kappa shape index (κ1) is 19.1. The number of aliphatic hydroxyl groups excluding tert-OH is 3. The van der Waals surface area contributed by atoms with Gasteiger partial charge in [-0.15, -0.1) is 0 Å². The maximum absolute atomic E-state index is 9.26. The third-order valence-electron chi connectivity index (χ3n) is 4.07. The van der Waals surface area contributed by atoms with Crippen molar-refractivity contribution in [2.24, 2.45) is 0 Å². The quantitative estimate of drug-likeness (QED) is 0.340. The minimum absolute atomic E-state index is 0.0113. The minimum atomic E-state index is -2.14. The van der Waals surface area contributed by atoms with Crippen molar-refractivity contribution < 1.29 is 15.3 Å². The summed E-state index contributed by atoms with van der Waals surface area (Å²) in [6, 6.07) is 0.854. The largest absolute Gasteiger partial charge is 0.399 e. The molecule has 116 valence electrons. The fourth-order valence-corrected chi connectivity index (χ4v) is 4.15. The summed E-state index contributed by atoms with van der Waals surface area (Å²) < 4.78 is 0. The Morgan fingerprint density at radius 2 is 0.947 bits per heavy atom. The molecular weight excluding hydrogens is 256 g/mol. The van der Waals surface area contributed by atoms with Gasteiger partial charge < -0.3 is 15.3 Å². The van der Waals surface area contributed by atoms with Crippen LogP contribution in [0.25, 0.3) is 0 Å². The molecule has 0 amide bonds. The normalized spacial score (nSPS) is 12.0. The lowest BCUT2D eigenvalue weighted by Gasteiger charge is -2.24. The summed E-state index contributed by atoms with van der Waals surface area (Å²) in [6.45, 7) is 2.24. The van der Waals surface area contributed by atoms with E-state index < -0.39 is 8.07 Å². The van der Waals surface area contributed by atoms with Crippen LogP contribution in [0.4, 0.5) is 0 Å². The van der Waals surface area contributed by atoms with Crippen LogP contribution in [-0.4, -0.2) is 42.1 Å². The summed E-state index contributed by atoms with van der Waals surface area (Å²) >= 11 is 0. The van der Waals surface area contributed by atoms with Gasteiger partial charge in [-0.05, 0) is 0 Å². The summed E-state index contributed by atoms with van der Waals surface area (Å²) in [6.07, 6.45) is 13.0. The van der Waals surface area contributed by atoms with E-state index in [-0.39, 0.29) is 18.7 Å². The highest BCUT2D eigenvalue weighted by Gasteiger charge is 2.30. The fraction of sp³-hybridized carbons (Fsp3) is 1.00.